The van der Waals surface area contributed by atoms with Gasteiger partial charge in [-0.3, -0.25) is 24.0 Å². The van der Waals surface area contributed by atoms with E-state index in [1.807, 2.05) is 0 Å². The monoisotopic (exact) mass is 596 g/mol. The second-order valence-electron chi connectivity index (χ2n) is 12.1. The molecule has 0 aliphatic heterocycles. The molecule has 6 unspecified atom stereocenters. The van der Waals surface area contributed by atoms with Crippen molar-refractivity contribution in [2.75, 3.05) is 0 Å². The maximum atomic E-state index is 14.3. The number of fused-ring (bicyclic) bond motifs is 1. The van der Waals surface area contributed by atoms with Crippen LogP contribution in [-0.2, 0) is 42.9 Å². The Kier molecular flexibility index (Phi) is 10.1. The molecule has 0 bridgehead atoms. The van der Waals surface area contributed by atoms with Gasteiger partial charge in [-0.2, -0.15) is 0 Å². The molecule has 0 N–H and O–H groups in total. The molecular weight excluding hydrogens is 556 g/mol. The molecule has 1 aromatic carbocycles. The quantitative estimate of drug-likeness (QED) is 0.271. The van der Waals surface area contributed by atoms with Gasteiger partial charge in [0.2, 0.25) is 11.9 Å². The lowest BCUT2D eigenvalue weighted by molar-refractivity contribution is -0.170. The summed E-state index contributed by atoms with van der Waals surface area (Å²) in [5.41, 5.74) is -2.14. The predicted octanol–water partition coefficient (Wildman–Crippen LogP) is 4.49. The van der Waals surface area contributed by atoms with Gasteiger partial charge < -0.3 is 18.9 Å². The standard InChI is InChI=1S/C33H40O10/c1-18-14-15-32(7,8)30(38)28(41-22(5)35)27(40-21(4)34)19(2)16-25-26(42-31(39)24-12-10-9-11-13-24)20(3)17-33(25,29(18)37)43-23(6)36/h9-14,16,20,25-28H,15,17H2,1-8H3. The van der Waals surface area contributed by atoms with Crippen molar-refractivity contribution in [3.63, 3.8) is 0 Å². The van der Waals surface area contributed by atoms with Crippen molar-refractivity contribution >= 4 is 35.4 Å². The van der Waals surface area contributed by atoms with Gasteiger partial charge in [-0.05, 0) is 49.5 Å². The summed E-state index contributed by atoms with van der Waals surface area (Å²) in [7, 11) is 0. The molecule has 2 aliphatic rings. The Morgan fingerprint density at radius 3 is 1.98 bits per heavy atom. The van der Waals surface area contributed by atoms with E-state index >= 15 is 0 Å². The fraction of sp³-hybridized carbons (Fsp3) is 0.515. The van der Waals surface area contributed by atoms with Crippen molar-refractivity contribution in [3.8, 4) is 0 Å². The molecule has 2 aliphatic carbocycles. The van der Waals surface area contributed by atoms with Gasteiger partial charge in [0.1, 0.15) is 6.10 Å². The second-order valence-corrected chi connectivity index (χ2v) is 12.1. The number of carbonyl (C=O) groups excluding carboxylic acids is 6. The highest BCUT2D eigenvalue weighted by Crippen LogP contribution is 2.48. The lowest BCUT2D eigenvalue weighted by atomic mass is 9.76. The largest absolute Gasteiger partial charge is 0.458 e. The zero-order valence-corrected chi connectivity index (χ0v) is 25.9. The molecule has 43 heavy (non-hydrogen) atoms. The summed E-state index contributed by atoms with van der Waals surface area (Å²) in [5, 5.41) is 0. The molecule has 0 heterocycles. The lowest BCUT2D eigenvalue weighted by Crippen LogP contribution is -2.50. The van der Waals surface area contributed by atoms with Gasteiger partial charge in [-0.25, -0.2) is 4.79 Å². The summed E-state index contributed by atoms with van der Waals surface area (Å²) < 4.78 is 22.9. The van der Waals surface area contributed by atoms with Crippen LogP contribution in [0.5, 0.6) is 0 Å². The molecule has 1 aromatic rings. The van der Waals surface area contributed by atoms with E-state index in [0.717, 1.165) is 13.8 Å². The Balaban J connectivity index is 2.31. The number of Topliss-reactive ketones (excluding diaryl/α,β-unsaturated/α-hetero) is 2. The number of carbonyl (C=O) groups is 6. The Morgan fingerprint density at radius 1 is 0.837 bits per heavy atom. The first-order chi connectivity index (χ1) is 20.0. The Labute approximate surface area is 251 Å². The first-order valence-electron chi connectivity index (χ1n) is 14.2. The van der Waals surface area contributed by atoms with E-state index in [4.69, 9.17) is 18.9 Å². The minimum Gasteiger partial charge on any atom is -0.458 e. The summed E-state index contributed by atoms with van der Waals surface area (Å²) >= 11 is 0. The van der Waals surface area contributed by atoms with Gasteiger partial charge in [0.25, 0.3) is 0 Å². The summed E-state index contributed by atoms with van der Waals surface area (Å²) in [6.07, 6.45) is -0.620. The van der Waals surface area contributed by atoms with Crippen molar-refractivity contribution < 1.29 is 47.7 Å². The van der Waals surface area contributed by atoms with Crippen LogP contribution in [0.4, 0.5) is 0 Å². The number of allylic oxidation sites excluding steroid dienone is 1. The molecule has 0 saturated heterocycles. The van der Waals surface area contributed by atoms with Crippen molar-refractivity contribution in [1.29, 1.82) is 0 Å². The van der Waals surface area contributed by atoms with Crippen molar-refractivity contribution in [2.24, 2.45) is 17.3 Å². The Hall–Kier alpha value is -4.08. The number of benzene rings is 1. The number of esters is 4. The van der Waals surface area contributed by atoms with Gasteiger partial charge in [-0.15, -0.1) is 0 Å². The first-order valence-corrected chi connectivity index (χ1v) is 14.2. The topological polar surface area (TPSA) is 139 Å². The molecule has 0 aromatic heterocycles. The summed E-state index contributed by atoms with van der Waals surface area (Å²) in [5.74, 6) is -5.37. The van der Waals surface area contributed by atoms with Crippen LogP contribution >= 0.6 is 0 Å². The highest BCUT2D eigenvalue weighted by Gasteiger charge is 2.60. The molecule has 10 heteroatoms. The van der Waals surface area contributed by atoms with E-state index in [-0.39, 0.29) is 29.6 Å². The minimum absolute atomic E-state index is 0.0334. The number of rotatable bonds is 5. The number of hydrogen-bond donors (Lipinski definition) is 0. The fourth-order valence-corrected chi connectivity index (χ4v) is 5.89. The molecule has 6 atom stereocenters. The number of ketones is 2. The maximum absolute atomic E-state index is 14.3. The third-order valence-electron chi connectivity index (χ3n) is 8.00. The maximum Gasteiger partial charge on any atom is 0.338 e. The fourth-order valence-electron chi connectivity index (χ4n) is 5.89. The molecule has 1 fully saturated rings. The van der Waals surface area contributed by atoms with Crippen LogP contribution in [-0.4, -0.2) is 59.4 Å². The van der Waals surface area contributed by atoms with E-state index in [1.54, 1.807) is 71.0 Å². The summed E-state index contributed by atoms with van der Waals surface area (Å²) in [4.78, 5) is 78.3. The van der Waals surface area contributed by atoms with Gasteiger partial charge in [-0.1, -0.05) is 51.1 Å². The van der Waals surface area contributed by atoms with Gasteiger partial charge in [0, 0.05) is 32.6 Å². The number of hydrogen-bond acceptors (Lipinski definition) is 10. The molecule has 0 spiro atoms. The third-order valence-corrected chi connectivity index (χ3v) is 8.00. The van der Waals surface area contributed by atoms with E-state index in [1.165, 1.54) is 13.0 Å². The normalized spacial score (nSPS) is 29.1. The van der Waals surface area contributed by atoms with E-state index < -0.39 is 76.6 Å². The average Bonchev–Trinajstić information content (AvgIpc) is 3.17. The zero-order valence-electron chi connectivity index (χ0n) is 25.9. The average molecular weight is 597 g/mol. The van der Waals surface area contributed by atoms with Crippen molar-refractivity contribution in [2.45, 2.75) is 92.1 Å². The molecule has 3 rings (SSSR count). The summed E-state index contributed by atoms with van der Waals surface area (Å²) in [6.45, 7) is 11.7. The first kappa shape index (κ1) is 33.4. The van der Waals surface area contributed by atoms with Crippen molar-refractivity contribution in [3.05, 3.63) is 59.2 Å². The van der Waals surface area contributed by atoms with E-state index in [0.29, 0.717) is 0 Å². The SMILES string of the molecule is CC(=O)OC1C(=O)C(C)(C)CC=C(C)C(=O)C2(OC(C)=O)CC(C)C(OC(=O)c3ccccc3)C2C=C(C)C1OC(C)=O. The molecule has 1 saturated carbocycles. The minimum atomic E-state index is -1.78. The van der Waals surface area contributed by atoms with E-state index in [9.17, 15) is 28.8 Å². The van der Waals surface area contributed by atoms with Crippen LogP contribution in [0.15, 0.2) is 53.6 Å². The highest BCUT2D eigenvalue weighted by atomic mass is 16.6. The zero-order chi connectivity index (χ0) is 32.3. The molecule has 0 radical (unpaired) electrons. The molecule has 10 nitrogen and oxygen atoms in total. The predicted molar refractivity (Wildman–Crippen MR) is 154 cm³/mol. The third kappa shape index (κ3) is 7.29. The van der Waals surface area contributed by atoms with Crippen LogP contribution in [0.25, 0.3) is 0 Å². The van der Waals surface area contributed by atoms with Gasteiger partial charge >= 0.3 is 23.9 Å². The lowest BCUT2D eigenvalue weighted by Gasteiger charge is -2.36. The molecule has 0 amide bonds. The van der Waals surface area contributed by atoms with Crippen LogP contribution in [0, 0.1) is 17.3 Å². The molecule has 232 valence electrons. The van der Waals surface area contributed by atoms with Gasteiger partial charge in [0.05, 0.1) is 11.5 Å². The smallest absolute Gasteiger partial charge is 0.338 e. The van der Waals surface area contributed by atoms with Gasteiger partial charge in [0.15, 0.2) is 17.5 Å². The van der Waals surface area contributed by atoms with Crippen LogP contribution in [0.1, 0.15) is 78.6 Å². The summed E-state index contributed by atoms with van der Waals surface area (Å²) in [6, 6.07) is 8.31. The highest BCUT2D eigenvalue weighted by molar-refractivity contribution is 6.03. The Bertz CT molecular complexity index is 1350. The second kappa shape index (κ2) is 13.1. The van der Waals surface area contributed by atoms with Crippen molar-refractivity contribution in [1.82, 2.24) is 0 Å². The number of ether oxygens (including phenoxy) is 4. The molecular formula is C33H40O10. The van der Waals surface area contributed by atoms with Crippen LogP contribution < -0.4 is 0 Å². The van der Waals surface area contributed by atoms with Crippen LogP contribution in [0.2, 0.25) is 0 Å². The van der Waals surface area contributed by atoms with E-state index in [2.05, 4.69) is 0 Å². The Morgan fingerprint density at radius 2 is 1.42 bits per heavy atom. The van der Waals surface area contributed by atoms with Crippen LogP contribution in [0.3, 0.4) is 0 Å².